The van der Waals surface area contributed by atoms with Crippen molar-refractivity contribution in [2.45, 2.75) is 6.54 Å². The maximum atomic E-state index is 12.8. The van der Waals surface area contributed by atoms with Crippen molar-refractivity contribution in [3.8, 4) is 17.2 Å². The molecule has 140 valence electrons. The first-order valence-electron chi connectivity index (χ1n) is 8.16. The Balaban J connectivity index is 1.79. The van der Waals surface area contributed by atoms with Crippen molar-refractivity contribution in [1.29, 1.82) is 0 Å². The Kier molecular flexibility index (Phi) is 6.03. The largest absolute Gasteiger partial charge is 0.497 e. The van der Waals surface area contributed by atoms with Crippen LogP contribution in [0.15, 0.2) is 47.4 Å². The second kappa shape index (κ2) is 8.45. The normalized spacial score (nSPS) is 15.4. The molecule has 0 bridgehead atoms. The lowest BCUT2D eigenvalue weighted by Gasteiger charge is -2.14. The van der Waals surface area contributed by atoms with Gasteiger partial charge in [-0.3, -0.25) is 9.69 Å². The molecule has 27 heavy (non-hydrogen) atoms. The summed E-state index contributed by atoms with van der Waals surface area (Å²) >= 11 is 6.70. The lowest BCUT2D eigenvalue weighted by atomic mass is 10.1. The molecule has 2 aromatic carbocycles. The summed E-state index contributed by atoms with van der Waals surface area (Å²) in [5.41, 5.74) is 1.83. The van der Waals surface area contributed by atoms with E-state index >= 15 is 0 Å². The van der Waals surface area contributed by atoms with Crippen LogP contribution in [0.5, 0.6) is 17.2 Å². The Morgan fingerprint density at radius 1 is 1.00 bits per heavy atom. The van der Waals surface area contributed by atoms with Crippen molar-refractivity contribution >= 4 is 40.3 Å². The van der Waals surface area contributed by atoms with Crippen LogP contribution in [0.2, 0.25) is 0 Å². The topological polar surface area (TPSA) is 48.0 Å². The molecule has 5 nitrogen and oxygen atoms in total. The minimum Gasteiger partial charge on any atom is -0.497 e. The smallest absolute Gasteiger partial charge is 0.266 e. The van der Waals surface area contributed by atoms with Crippen LogP contribution in [-0.4, -0.2) is 36.5 Å². The molecule has 0 aromatic heterocycles. The lowest BCUT2D eigenvalue weighted by Crippen LogP contribution is -2.27. The number of ether oxygens (including phenoxy) is 3. The van der Waals surface area contributed by atoms with E-state index in [0.717, 1.165) is 16.9 Å². The number of benzene rings is 2. The van der Waals surface area contributed by atoms with Gasteiger partial charge in [0.15, 0.2) is 11.5 Å². The fourth-order valence-electron chi connectivity index (χ4n) is 2.64. The summed E-state index contributed by atoms with van der Waals surface area (Å²) in [6.07, 6.45) is 1.81. The van der Waals surface area contributed by atoms with Crippen molar-refractivity contribution in [1.82, 2.24) is 4.90 Å². The van der Waals surface area contributed by atoms with E-state index in [1.807, 2.05) is 48.5 Å². The van der Waals surface area contributed by atoms with E-state index in [-0.39, 0.29) is 5.91 Å². The quantitative estimate of drug-likeness (QED) is 0.536. The molecule has 1 heterocycles. The third-order valence-corrected chi connectivity index (χ3v) is 5.46. The van der Waals surface area contributed by atoms with Gasteiger partial charge in [0.05, 0.1) is 32.8 Å². The van der Waals surface area contributed by atoms with Gasteiger partial charge in [0.25, 0.3) is 5.91 Å². The molecule has 1 aliphatic rings. The van der Waals surface area contributed by atoms with E-state index in [1.165, 1.54) is 11.8 Å². The SMILES string of the molecule is COc1ccc(CN2C(=O)/C(=C/c3ccc(OC)c(OC)c3)SC2=S)cc1. The first kappa shape index (κ1) is 19.3. The Hall–Kier alpha value is -2.51. The molecule has 0 unspecified atom stereocenters. The van der Waals surface area contributed by atoms with Crippen LogP contribution in [0.3, 0.4) is 0 Å². The molecule has 2 aromatic rings. The third-order valence-electron chi connectivity index (χ3n) is 4.08. The third kappa shape index (κ3) is 4.26. The minimum absolute atomic E-state index is 0.101. The van der Waals surface area contributed by atoms with Gasteiger partial charge in [-0.05, 0) is 41.5 Å². The number of nitrogens with zero attached hydrogens (tertiary/aromatic N) is 1. The molecule has 0 spiro atoms. The standard InChI is InChI=1S/C20H19NO4S2/c1-23-15-7-4-13(5-8-15)12-21-19(22)18(27-20(21)26)11-14-6-9-16(24-2)17(10-14)25-3/h4-11H,12H2,1-3H3/b18-11-. The molecule has 0 atom stereocenters. The first-order chi connectivity index (χ1) is 13.0. The maximum absolute atomic E-state index is 12.8. The zero-order chi connectivity index (χ0) is 19.4. The number of rotatable bonds is 6. The highest BCUT2D eigenvalue weighted by atomic mass is 32.2. The molecule has 3 rings (SSSR count). The molecular formula is C20H19NO4S2. The van der Waals surface area contributed by atoms with Crippen molar-refractivity contribution in [3.05, 3.63) is 58.5 Å². The first-order valence-corrected chi connectivity index (χ1v) is 9.38. The zero-order valence-electron chi connectivity index (χ0n) is 15.2. The summed E-state index contributed by atoms with van der Waals surface area (Å²) in [4.78, 5) is 15.0. The second-order valence-electron chi connectivity index (χ2n) is 5.73. The highest BCUT2D eigenvalue weighted by Crippen LogP contribution is 2.35. The van der Waals surface area contributed by atoms with E-state index in [0.29, 0.717) is 27.3 Å². The van der Waals surface area contributed by atoms with Crippen LogP contribution in [0.25, 0.3) is 6.08 Å². The van der Waals surface area contributed by atoms with Gasteiger partial charge in [-0.25, -0.2) is 0 Å². The number of hydrogen-bond donors (Lipinski definition) is 0. The van der Waals surface area contributed by atoms with Crippen LogP contribution >= 0.6 is 24.0 Å². The number of carbonyl (C=O) groups excluding carboxylic acids is 1. The van der Waals surface area contributed by atoms with Gasteiger partial charge < -0.3 is 14.2 Å². The van der Waals surface area contributed by atoms with Gasteiger partial charge >= 0.3 is 0 Å². The number of carbonyl (C=O) groups is 1. The van der Waals surface area contributed by atoms with Gasteiger partial charge in [-0.2, -0.15) is 0 Å². The van der Waals surface area contributed by atoms with E-state index in [2.05, 4.69) is 0 Å². The zero-order valence-corrected chi connectivity index (χ0v) is 16.9. The molecule has 0 aliphatic carbocycles. The lowest BCUT2D eigenvalue weighted by molar-refractivity contribution is -0.122. The second-order valence-corrected chi connectivity index (χ2v) is 7.41. The van der Waals surface area contributed by atoms with Crippen molar-refractivity contribution in [3.63, 3.8) is 0 Å². The number of amides is 1. The summed E-state index contributed by atoms with van der Waals surface area (Å²) in [6.45, 7) is 0.429. The summed E-state index contributed by atoms with van der Waals surface area (Å²) in [7, 11) is 4.79. The molecule has 1 aliphatic heterocycles. The molecule has 0 radical (unpaired) electrons. The Morgan fingerprint density at radius 3 is 2.33 bits per heavy atom. The number of thiocarbonyl (C=S) groups is 1. The molecule has 1 amide bonds. The number of hydrogen-bond acceptors (Lipinski definition) is 6. The van der Waals surface area contributed by atoms with Gasteiger partial charge in [0, 0.05) is 0 Å². The fourth-order valence-corrected chi connectivity index (χ4v) is 3.90. The summed E-state index contributed by atoms with van der Waals surface area (Å²) in [6, 6.07) is 13.1. The molecule has 0 N–H and O–H groups in total. The minimum atomic E-state index is -0.101. The fraction of sp³-hybridized carbons (Fsp3) is 0.200. The van der Waals surface area contributed by atoms with Crippen LogP contribution in [0.4, 0.5) is 0 Å². The average molecular weight is 402 g/mol. The van der Waals surface area contributed by atoms with Gasteiger partial charge in [-0.1, -0.05) is 42.2 Å². The van der Waals surface area contributed by atoms with Crippen molar-refractivity contribution in [2.24, 2.45) is 0 Å². The van der Waals surface area contributed by atoms with Crippen molar-refractivity contribution < 1.29 is 19.0 Å². The highest BCUT2D eigenvalue weighted by Gasteiger charge is 2.32. The van der Waals surface area contributed by atoms with Gasteiger partial charge in [0.2, 0.25) is 0 Å². The van der Waals surface area contributed by atoms with Crippen LogP contribution in [0, 0.1) is 0 Å². The highest BCUT2D eigenvalue weighted by molar-refractivity contribution is 8.26. The molecule has 0 saturated carbocycles. The Morgan fingerprint density at radius 2 is 1.70 bits per heavy atom. The Labute approximate surface area is 167 Å². The predicted molar refractivity (Wildman–Crippen MR) is 111 cm³/mol. The van der Waals surface area contributed by atoms with E-state index < -0.39 is 0 Å². The number of methoxy groups -OCH3 is 3. The van der Waals surface area contributed by atoms with Crippen LogP contribution in [0.1, 0.15) is 11.1 Å². The summed E-state index contributed by atoms with van der Waals surface area (Å²) < 4.78 is 16.3. The summed E-state index contributed by atoms with van der Waals surface area (Å²) in [5.74, 6) is 1.93. The predicted octanol–water partition coefficient (Wildman–Crippen LogP) is 4.11. The molecule has 1 saturated heterocycles. The monoisotopic (exact) mass is 401 g/mol. The molecular weight excluding hydrogens is 382 g/mol. The Bertz CT molecular complexity index is 893. The summed E-state index contributed by atoms with van der Waals surface area (Å²) in [5, 5.41) is 0. The van der Waals surface area contributed by atoms with E-state index in [1.54, 1.807) is 26.2 Å². The molecule has 7 heteroatoms. The van der Waals surface area contributed by atoms with Crippen LogP contribution in [-0.2, 0) is 11.3 Å². The molecule has 1 fully saturated rings. The average Bonchev–Trinajstić information content (AvgIpc) is 2.95. The maximum Gasteiger partial charge on any atom is 0.266 e. The van der Waals surface area contributed by atoms with E-state index in [9.17, 15) is 4.79 Å². The van der Waals surface area contributed by atoms with Gasteiger partial charge in [0.1, 0.15) is 10.1 Å². The number of thioether (sulfide) groups is 1. The van der Waals surface area contributed by atoms with Crippen molar-refractivity contribution in [2.75, 3.05) is 21.3 Å². The van der Waals surface area contributed by atoms with Crippen LogP contribution < -0.4 is 14.2 Å². The van der Waals surface area contributed by atoms with E-state index in [4.69, 9.17) is 26.4 Å². The van der Waals surface area contributed by atoms with Gasteiger partial charge in [-0.15, -0.1) is 0 Å².